The van der Waals surface area contributed by atoms with Crippen LogP contribution in [0.2, 0.25) is 0 Å². The molecule has 0 atom stereocenters. The van der Waals surface area contributed by atoms with Crippen LogP contribution < -0.4 is 5.32 Å². The van der Waals surface area contributed by atoms with Crippen molar-refractivity contribution in [2.45, 2.75) is 20.4 Å². The van der Waals surface area contributed by atoms with E-state index in [9.17, 15) is 4.79 Å². The third-order valence-electron chi connectivity index (χ3n) is 3.78. The summed E-state index contributed by atoms with van der Waals surface area (Å²) in [5.74, 6) is 0.498. The zero-order valence-corrected chi connectivity index (χ0v) is 13.5. The maximum atomic E-state index is 12.3. The zero-order valence-electron chi connectivity index (χ0n) is 13.5. The molecule has 5 nitrogen and oxygen atoms in total. The number of nitrogens with one attached hydrogen (secondary N) is 1. The molecule has 0 spiro atoms. The van der Waals surface area contributed by atoms with E-state index >= 15 is 0 Å². The Bertz CT molecular complexity index is 832. The van der Waals surface area contributed by atoms with Gasteiger partial charge in [0.2, 0.25) is 0 Å². The van der Waals surface area contributed by atoms with Gasteiger partial charge in [0.25, 0.3) is 5.91 Å². The summed E-state index contributed by atoms with van der Waals surface area (Å²) in [5, 5.41) is 7.14. The van der Waals surface area contributed by atoms with Crippen LogP contribution in [0.4, 0.5) is 0 Å². The van der Waals surface area contributed by atoms with E-state index in [0.29, 0.717) is 18.0 Å². The lowest BCUT2D eigenvalue weighted by atomic mass is 10.0. The number of benzene rings is 1. The molecule has 0 aliphatic heterocycles. The van der Waals surface area contributed by atoms with Gasteiger partial charge in [-0.25, -0.2) is 0 Å². The lowest BCUT2D eigenvalue weighted by molar-refractivity contribution is 0.0942. The molecule has 3 rings (SSSR count). The van der Waals surface area contributed by atoms with Gasteiger partial charge >= 0.3 is 0 Å². The largest absolute Gasteiger partial charge is 0.467 e. The first-order valence-corrected chi connectivity index (χ1v) is 7.47. The fourth-order valence-corrected chi connectivity index (χ4v) is 2.51. The van der Waals surface area contributed by atoms with Crippen molar-refractivity contribution in [1.82, 2.24) is 15.1 Å². The van der Waals surface area contributed by atoms with Crippen molar-refractivity contribution in [2.75, 3.05) is 0 Å². The SMILES string of the molecule is Cc1ccc(C)c(-c2cc(C(=O)NCc3ccco3)nn2C)c1. The van der Waals surface area contributed by atoms with Gasteiger partial charge in [0.1, 0.15) is 5.76 Å². The van der Waals surface area contributed by atoms with Gasteiger partial charge in [-0.3, -0.25) is 9.48 Å². The first kappa shape index (κ1) is 15.1. The number of aryl methyl sites for hydroxylation is 3. The maximum absolute atomic E-state index is 12.3. The number of amides is 1. The highest BCUT2D eigenvalue weighted by Crippen LogP contribution is 2.25. The van der Waals surface area contributed by atoms with Crippen molar-refractivity contribution in [2.24, 2.45) is 7.05 Å². The molecule has 2 aromatic heterocycles. The van der Waals surface area contributed by atoms with Crippen molar-refractivity contribution in [3.63, 3.8) is 0 Å². The average Bonchev–Trinajstić information content (AvgIpc) is 3.17. The predicted molar refractivity (Wildman–Crippen MR) is 88.0 cm³/mol. The fraction of sp³-hybridized carbons (Fsp3) is 0.222. The minimum Gasteiger partial charge on any atom is -0.467 e. The van der Waals surface area contributed by atoms with Gasteiger partial charge in [0.15, 0.2) is 5.69 Å². The van der Waals surface area contributed by atoms with Gasteiger partial charge in [-0.05, 0) is 43.7 Å². The third kappa shape index (κ3) is 3.18. The summed E-state index contributed by atoms with van der Waals surface area (Å²) in [6.45, 7) is 4.45. The van der Waals surface area contributed by atoms with Crippen molar-refractivity contribution >= 4 is 5.91 Å². The lowest BCUT2D eigenvalue weighted by Gasteiger charge is -2.06. The van der Waals surface area contributed by atoms with E-state index in [0.717, 1.165) is 16.8 Å². The Kier molecular flexibility index (Phi) is 4.02. The first-order valence-electron chi connectivity index (χ1n) is 7.47. The Morgan fingerprint density at radius 1 is 1.26 bits per heavy atom. The molecule has 0 radical (unpaired) electrons. The monoisotopic (exact) mass is 309 g/mol. The molecule has 0 saturated carbocycles. The smallest absolute Gasteiger partial charge is 0.272 e. The van der Waals surface area contributed by atoms with Gasteiger partial charge in [0.05, 0.1) is 18.5 Å². The van der Waals surface area contributed by atoms with Crippen LogP contribution in [0.5, 0.6) is 0 Å². The number of carbonyl (C=O) groups is 1. The van der Waals surface area contributed by atoms with Crippen LogP contribution in [0.1, 0.15) is 27.4 Å². The summed E-state index contributed by atoms with van der Waals surface area (Å²) in [7, 11) is 1.85. The second-order valence-corrected chi connectivity index (χ2v) is 5.62. The first-order chi connectivity index (χ1) is 11.0. The molecule has 0 unspecified atom stereocenters. The van der Waals surface area contributed by atoms with Crippen molar-refractivity contribution in [1.29, 1.82) is 0 Å². The number of carbonyl (C=O) groups excluding carboxylic acids is 1. The molecule has 5 heteroatoms. The van der Waals surface area contributed by atoms with E-state index in [1.807, 2.05) is 19.2 Å². The quantitative estimate of drug-likeness (QED) is 0.805. The number of furan rings is 1. The molecule has 2 heterocycles. The summed E-state index contributed by atoms with van der Waals surface area (Å²) in [4.78, 5) is 12.3. The van der Waals surface area contributed by atoms with Gasteiger partial charge in [-0.1, -0.05) is 17.7 Å². The fourth-order valence-electron chi connectivity index (χ4n) is 2.51. The topological polar surface area (TPSA) is 60.1 Å². The number of hydrogen-bond acceptors (Lipinski definition) is 3. The number of hydrogen-bond donors (Lipinski definition) is 1. The van der Waals surface area contributed by atoms with E-state index in [-0.39, 0.29) is 5.91 Å². The summed E-state index contributed by atoms with van der Waals surface area (Å²) < 4.78 is 6.95. The van der Waals surface area contributed by atoms with Crippen molar-refractivity contribution in [3.8, 4) is 11.3 Å². The standard InChI is InChI=1S/C18H19N3O2/c1-12-6-7-13(2)15(9-12)17-10-16(20-21(17)3)18(22)19-11-14-5-4-8-23-14/h4-10H,11H2,1-3H3,(H,19,22). The Balaban J connectivity index is 1.83. The van der Waals surface area contributed by atoms with Crippen LogP contribution in [0.15, 0.2) is 47.1 Å². The summed E-state index contributed by atoms with van der Waals surface area (Å²) >= 11 is 0. The van der Waals surface area contributed by atoms with Gasteiger partial charge in [-0.15, -0.1) is 0 Å². The highest BCUT2D eigenvalue weighted by atomic mass is 16.3. The third-order valence-corrected chi connectivity index (χ3v) is 3.78. The van der Waals surface area contributed by atoms with E-state index in [2.05, 4.69) is 42.5 Å². The summed E-state index contributed by atoms with van der Waals surface area (Å²) in [6.07, 6.45) is 1.58. The average molecular weight is 309 g/mol. The molecule has 1 amide bonds. The molecule has 0 fully saturated rings. The van der Waals surface area contributed by atoms with E-state index in [1.165, 1.54) is 5.56 Å². The zero-order chi connectivity index (χ0) is 16.4. The molecule has 1 aromatic carbocycles. The van der Waals surface area contributed by atoms with Crippen LogP contribution in [-0.4, -0.2) is 15.7 Å². The normalized spacial score (nSPS) is 10.7. The highest BCUT2D eigenvalue weighted by molar-refractivity contribution is 5.93. The second-order valence-electron chi connectivity index (χ2n) is 5.62. The Morgan fingerprint density at radius 2 is 2.09 bits per heavy atom. The molecule has 1 N–H and O–H groups in total. The van der Waals surface area contributed by atoms with Crippen molar-refractivity contribution in [3.05, 3.63) is 65.2 Å². The van der Waals surface area contributed by atoms with E-state index in [4.69, 9.17) is 4.42 Å². The second kappa shape index (κ2) is 6.12. The van der Waals surface area contributed by atoms with Gasteiger partial charge < -0.3 is 9.73 Å². The molecule has 118 valence electrons. The molecule has 23 heavy (non-hydrogen) atoms. The van der Waals surface area contributed by atoms with E-state index in [1.54, 1.807) is 17.0 Å². The number of nitrogens with zero attached hydrogens (tertiary/aromatic N) is 2. The Labute approximate surface area is 134 Å². The minimum atomic E-state index is -0.214. The van der Waals surface area contributed by atoms with Gasteiger partial charge in [-0.2, -0.15) is 5.10 Å². The minimum absolute atomic E-state index is 0.214. The molecule has 0 saturated heterocycles. The van der Waals surface area contributed by atoms with Crippen LogP contribution in [0, 0.1) is 13.8 Å². The molecular formula is C18H19N3O2. The Morgan fingerprint density at radius 3 is 2.83 bits per heavy atom. The summed E-state index contributed by atoms with van der Waals surface area (Å²) in [5.41, 5.74) is 4.74. The molecular weight excluding hydrogens is 290 g/mol. The molecule has 0 aliphatic carbocycles. The highest BCUT2D eigenvalue weighted by Gasteiger charge is 2.15. The summed E-state index contributed by atoms with van der Waals surface area (Å²) in [6, 6.07) is 11.7. The van der Waals surface area contributed by atoms with Crippen LogP contribution >= 0.6 is 0 Å². The molecule has 0 aliphatic rings. The number of rotatable bonds is 4. The van der Waals surface area contributed by atoms with Crippen LogP contribution in [0.25, 0.3) is 11.3 Å². The predicted octanol–water partition coefficient (Wildman–Crippen LogP) is 3.23. The van der Waals surface area contributed by atoms with E-state index < -0.39 is 0 Å². The molecule has 3 aromatic rings. The van der Waals surface area contributed by atoms with Crippen LogP contribution in [0.3, 0.4) is 0 Å². The van der Waals surface area contributed by atoms with Crippen molar-refractivity contribution < 1.29 is 9.21 Å². The Hall–Kier alpha value is -2.82. The molecule has 0 bridgehead atoms. The van der Waals surface area contributed by atoms with Crippen LogP contribution in [-0.2, 0) is 13.6 Å². The number of aromatic nitrogens is 2. The van der Waals surface area contributed by atoms with Gasteiger partial charge in [0, 0.05) is 12.6 Å². The lowest BCUT2D eigenvalue weighted by Crippen LogP contribution is -2.23. The maximum Gasteiger partial charge on any atom is 0.272 e.